The molecule has 3 nitrogen and oxygen atoms in total. The molecule has 0 fully saturated rings. The Balaban J connectivity index is 4.20. The van der Waals surface area contributed by atoms with Crippen LogP contribution < -0.4 is 5.32 Å². The van der Waals surface area contributed by atoms with Crippen LogP contribution in [0.5, 0.6) is 0 Å². The molecule has 0 aliphatic heterocycles. The second-order valence-corrected chi connectivity index (χ2v) is 6.35. The van der Waals surface area contributed by atoms with Gasteiger partial charge in [-0.25, -0.2) is 0 Å². The van der Waals surface area contributed by atoms with Crippen LogP contribution in [0.1, 0.15) is 54.4 Å². The maximum atomic E-state index is 12.0. The van der Waals surface area contributed by atoms with Gasteiger partial charge in [0, 0.05) is 12.6 Å². The number of carbonyl (C=O) groups excluding carboxylic acids is 1. The molecule has 0 bridgehead atoms. The van der Waals surface area contributed by atoms with Crippen LogP contribution in [0.4, 0.5) is 0 Å². The Bertz CT molecular complexity index is 233. The van der Waals surface area contributed by atoms with Crippen LogP contribution in [0.2, 0.25) is 0 Å². The first-order chi connectivity index (χ1) is 7.67. The number of rotatable bonds is 6. The van der Waals surface area contributed by atoms with Crippen molar-refractivity contribution in [3.63, 3.8) is 0 Å². The summed E-state index contributed by atoms with van der Waals surface area (Å²) in [5.41, 5.74) is 0.221. The number of amides is 1. The molecule has 0 spiro atoms. The van der Waals surface area contributed by atoms with E-state index in [0.29, 0.717) is 0 Å². The summed E-state index contributed by atoms with van der Waals surface area (Å²) in [6, 6.07) is 0.214. The highest BCUT2D eigenvalue weighted by molar-refractivity contribution is 5.81. The van der Waals surface area contributed by atoms with E-state index in [-0.39, 0.29) is 23.4 Å². The molecule has 0 aliphatic carbocycles. The molecule has 3 heteroatoms. The summed E-state index contributed by atoms with van der Waals surface area (Å²) in [4.78, 5) is 14.1. The first-order valence-electron chi connectivity index (χ1n) is 6.68. The topological polar surface area (TPSA) is 32.3 Å². The molecule has 0 rings (SSSR count). The van der Waals surface area contributed by atoms with Gasteiger partial charge >= 0.3 is 0 Å². The van der Waals surface area contributed by atoms with Crippen LogP contribution in [-0.4, -0.2) is 36.5 Å². The highest BCUT2D eigenvalue weighted by Crippen LogP contribution is 2.15. The van der Waals surface area contributed by atoms with Crippen LogP contribution in [0.15, 0.2) is 0 Å². The van der Waals surface area contributed by atoms with E-state index in [2.05, 4.69) is 44.8 Å². The Morgan fingerprint density at radius 2 is 1.82 bits per heavy atom. The summed E-state index contributed by atoms with van der Waals surface area (Å²) < 4.78 is 0. The molecule has 0 aliphatic rings. The summed E-state index contributed by atoms with van der Waals surface area (Å²) in [5, 5.41) is 3.07. The van der Waals surface area contributed by atoms with Crippen molar-refractivity contribution in [3.05, 3.63) is 0 Å². The number of nitrogens with one attached hydrogen (secondary N) is 1. The third-order valence-corrected chi connectivity index (χ3v) is 2.87. The lowest BCUT2D eigenvalue weighted by Gasteiger charge is -2.31. The van der Waals surface area contributed by atoms with Crippen LogP contribution in [0.25, 0.3) is 0 Å². The zero-order chi connectivity index (χ0) is 13.6. The van der Waals surface area contributed by atoms with Gasteiger partial charge in [-0.15, -0.1) is 0 Å². The van der Waals surface area contributed by atoms with Gasteiger partial charge in [-0.1, -0.05) is 34.1 Å². The van der Waals surface area contributed by atoms with Gasteiger partial charge in [-0.3, -0.25) is 9.69 Å². The molecule has 0 heterocycles. The molecule has 2 unspecified atom stereocenters. The fourth-order valence-corrected chi connectivity index (χ4v) is 1.95. The van der Waals surface area contributed by atoms with Crippen molar-refractivity contribution in [1.29, 1.82) is 0 Å². The third-order valence-electron chi connectivity index (χ3n) is 2.87. The van der Waals surface area contributed by atoms with Gasteiger partial charge in [-0.2, -0.15) is 0 Å². The van der Waals surface area contributed by atoms with E-state index < -0.39 is 0 Å². The highest BCUT2D eigenvalue weighted by Gasteiger charge is 2.23. The van der Waals surface area contributed by atoms with Gasteiger partial charge in [0.25, 0.3) is 0 Å². The molecule has 0 aromatic heterocycles. The first-order valence-corrected chi connectivity index (χ1v) is 6.68. The van der Waals surface area contributed by atoms with E-state index >= 15 is 0 Å². The van der Waals surface area contributed by atoms with Gasteiger partial charge < -0.3 is 5.32 Å². The Labute approximate surface area is 107 Å². The molecule has 1 amide bonds. The second-order valence-electron chi connectivity index (χ2n) is 6.35. The standard InChI is InChI=1S/C14H30N2O/c1-8-9-11(2)15-13(17)12(3)16(7)10-14(4,5)6/h11-12H,8-10H2,1-7H3,(H,15,17). The monoisotopic (exact) mass is 242 g/mol. The average Bonchev–Trinajstić information content (AvgIpc) is 2.13. The highest BCUT2D eigenvalue weighted by atomic mass is 16.2. The summed E-state index contributed by atoms with van der Waals surface area (Å²) in [7, 11) is 2.01. The van der Waals surface area contributed by atoms with E-state index in [1.165, 1.54) is 0 Å². The van der Waals surface area contributed by atoms with Crippen molar-refractivity contribution in [3.8, 4) is 0 Å². The molecular weight excluding hydrogens is 212 g/mol. The molecule has 17 heavy (non-hydrogen) atoms. The molecule has 0 radical (unpaired) electrons. The molecule has 1 N–H and O–H groups in total. The van der Waals surface area contributed by atoms with Crippen molar-refractivity contribution >= 4 is 5.91 Å². The number of nitrogens with zero attached hydrogens (tertiary/aromatic N) is 1. The fourth-order valence-electron chi connectivity index (χ4n) is 1.95. The largest absolute Gasteiger partial charge is 0.352 e. The lowest BCUT2D eigenvalue weighted by Crippen LogP contribution is -2.48. The zero-order valence-corrected chi connectivity index (χ0v) is 12.6. The summed E-state index contributed by atoms with van der Waals surface area (Å²) in [6.45, 7) is 13.7. The smallest absolute Gasteiger partial charge is 0.237 e. The lowest BCUT2D eigenvalue weighted by molar-refractivity contribution is -0.126. The van der Waals surface area contributed by atoms with Crippen molar-refractivity contribution in [2.45, 2.75) is 66.5 Å². The van der Waals surface area contributed by atoms with Gasteiger partial charge in [0.05, 0.1) is 6.04 Å². The summed E-state index contributed by atoms with van der Waals surface area (Å²) >= 11 is 0. The molecule has 0 saturated heterocycles. The minimum atomic E-state index is -0.0615. The quantitative estimate of drug-likeness (QED) is 0.776. The summed E-state index contributed by atoms with van der Waals surface area (Å²) in [5.74, 6) is 0.137. The van der Waals surface area contributed by atoms with Crippen molar-refractivity contribution < 1.29 is 4.79 Å². The maximum Gasteiger partial charge on any atom is 0.237 e. The third kappa shape index (κ3) is 7.37. The number of hydrogen-bond acceptors (Lipinski definition) is 2. The Morgan fingerprint density at radius 1 is 1.29 bits per heavy atom. The van der Waals surface area contributed by atoms with Crippen LogP contribution in [-0.2, 0) is 4.79 Å². The summed E-state index contributed by atoms with van der Waals surface area (Å²) in [6.07, 6.45) is 2.15. The van der Waals surface area contributed by atoms with Crippen LogP contribution in [0.3, 0.4) is 0 Å². The maximum absolute atomic E-state index is 12.0. The lowest BCUT2D eigenvalue weighted by atomic mass is 9.95. The Hall–Kier alpha value is -0.570. The van der Waals surface area contributed by atoms with E-state index in [1.54, 1.807) is 0 Å². The second kappa shape index (κ2) is 7.00. The van der Waals surface area contributed by atoms with E-state index in [4.69, 9.17) is 0 Å². The van der Waals surface area contributed by atoms with Crippen molar-refractivity contribution in [1.82, 2.24) is 10.2 Å². The zero-order valence-electron chi connectivity index (χ0n) is 12.6. The molecule has 0 saturated carbocycles. The number of hydrogen-bond donors (Lipinski definition) is 1. The normalized spacial score (nSPS) is 15.8. The fraction of sp³-hybridized carbons (Fsp3) is 0.929. The minimum Gasteiger partial charge on any atom is -0.352 e. The van der Waals surface area contributed by atoms with Crippen molar-refractivity contribution in [2.75, 3.05) is 13.6 Å². The van der Waals surface area contributed by atoms with E-state index in [0.717, 1.165) is 19.4 Å². The predicted molar refractivity (Wildman–Crippen MR) is 74.1 cm³/mol. The van der Waals surface area contributed by atoms with E-state index in [1.807, 2.05) is 14.0 Å². The molecule has 102 valence electrons. The molecule has 0 aromatic rings. The molecule has 0 aromatic carbocycles. The number of carbonyl (C=O) groups is 1. The van der Waals surface area contributed by atoms with Gasteiger partial charge in [0.1, 0.15) is 0 Å². The molecular formula is C14H30N2O. The van der Waals surface area contributed by atoms with Gasteiger partial charge in [0.15, 0.2) is 0 Å². The van der Waals surface area contributed by atoms with Gasteiger partial charge in [-0.05, 0) is 32.7 Å². The van der Waals surface area contributed by atoms with Crippen LogP contribution >= 0.6 is 0 Å². The predicted octanol–water partition coefficient (Wildman–Crippen LogP) is 2.66. The van der Waals surface area contributed by atoms with Crippen LogP contribution in [0, 0.1) is 5.41 Å². The average molecular weight is 242 g/mol. The van der Waals surface area contributed by atoms with E-state index in [9.17, 15) is 4.79 Å². The first kappa shape index (κ1) is 16.4. The SMILES string of the molecule is CCCC(C)NC(=O)C(C)N(C)CC(C)(C)C. The van der Waals surface area contributed by atoms with Crippen molar-refractivity contribution in [2.24, 2.45) is 5.41 Å². The Morgan fingerprint density at radius 3 is 2.24 bits per heavy atom. The Kier molecular flexibility index (Phi) is 6.76. The van der Waals surface area contributed by atoms with Gasteiger partial charge in [0.2, 0.25) is 5.91 Å². The number of likely N-dealkylation sites (N-methyl/N-ethyl adjacent to an activating group) is 1. The molecule has 2 atom stereocenters. The minimum absolute atomic E-state index is 0.0615.